The molecule has 0 bridgehead atoms. The van der Waals surface area contributed by atoms with Gasteiger partial charge in [0.05, 0.1) is 11.9 Å². The van der Waals surface area contributed by atoms with Gasteiger partial charge in [-0.3, -0.25) is 9.59 Å². The van der Waals surface area contributed by atoms with Crippen molar-refractivity contribution in [3.8, 4) is 0 Å². The average Bonchev–Trinajstić information content (AvgIpc) is 2.95. The van der Waals surface area contributed by atoms with E-state index in [9.17, 15) is 9.59 Å². The summed E-state index contributed by atoms with van der Waals surface area (Å²) in [4.78, 5) is 26.4. The number of aryl methyl sites for hydroxylation is 2. The molecule has 0 saturated carbocycles. The molecule has 6 heteroatoms. The zero-order chi connectivity index (χ0) is 16.6. The van der Waals surface area contributed by atoms with Crippen LogP contribution in [0.4, 0.5) is 0 Å². The molecule has 118 valence electrons. The van der Waals surface area contributed by atoms with Gasteiger partial charge in [-0.25, -0.2) is 4.68 Å². The van der Waals surface area contributed by atoms with Gasteiger partial charge in [-0.1, -0.05) is 18.2 Å². The molecule has 0 fully saturated rings. The van der Waals surface area contributed by atoms with Gasteiger partial charge in [-0.2, -0.15) is 5.10 Å². The topological polar surface area (TPSA) is 68.3 Å². The molecule has 3 aromatic rings. The van der Waals surface area contributed by atoms with Gasteiger partial charge < -0.3 is 9.32 Å². The fraction of sp³-hybridized carbons (Fsp3) is 0.235. The number of amides is 1. The first kappa shape index (κ1) is 15.0. The van der Waals surface area contributed by atoms with Crippen molar-refractivity contribution in [1.82, 2.24) is 14.7 Å². The maximum atomic E-state index is 12.7. The Hall–Kier alpha value is -2.89. The van der Waals surface area contributed by atoms with Gasteiger partial charge in [0.15, 0.2) is 5.69 Å². The molecule has 0 unspecified atom stereocenters. The molecule has 3 rings (SSSR count). The molecule has 0 spiro atoms. The van der Waals surface area contributed by atoms with E-state index < -0.39 is 0 Å². The fourth-order valence-corrected chi connectivity index (χ4v) is 2.51. The number of fused-ring (bicyclic) bond motifs is 1. The van der Waals surface area contributed by atoms with Gasteiger partial charge in [0.25, 0.3) is 11.5 Å². The normalized spacial score (nSPS) is 10.9. The second-order valence-corrected chi connectivity index (χ2v) is 5.50. The van der Waals surface area contributed by atoms with Crippen LogP contribution in [0.1, 0.15) is 22.0 Å². The maximum Gasteiger partial charge on any atom is 0.275 e. The van der Waals surface area contributed by atoms with Crippen LogP contribution in [0, 0.1) is 6.92 Å². The molecule has 2 aromatic heterocycles. The van der Waals surface area contributed by atoms with Crippen molar-refractivity contribution < 1.29 is 9.21 Å². The highest BCUT2D eigenvalue weighted by Gasteiger charge is 2.20. The van der Waals surface area contributed by atoms with Crippen LogP contribution in [-0.2, 0) is 13.6 Å². The largest absolute Gasteiger partial charge is 0.464 e. The van der Waals surface area contributed by atoms with Crippen LogP contribution in [0.2, 0.25) is 0 Å². The molecule has 0 saturated heterocycles. The third-order valence-electron chi connectivity index (χ3n) is 3.69. The highest BCUT2D eigenvalue weighted by molar-refractivity contribution is 6.04. The Morgan fingerprint density at radius 2 is 1.91 bits per heavy atom. The van der Waals surface area contributed by atoms with Gasteiger partial charge in [0, 0.05) is 19.5 Å². The third kappa shape index (κ3) is 2.75. The van der Waals surface area contributed by atoms with Crippen LogP contribution in [0.15, 0.2) is 45.6 Å². The zero-order valence-corrected chi connectivity index (χ0v) is 13.2. The lowest BCUT2D eigenvalue weighted by Crippen LogP contribution is -2.30. The number of rotatable bonds is 3. The smallest absolute Gasteiger partial charge is 0.275 e. The minimum absolute atomic E-state index is 0.221. The Bertz CT molecular complexity index is 940. The van der Waals surface area contributed by atoms with Gasteiger partial charge in [-0.15, -0.1) is 0 Å². The monoisotopic (exact) mass is 311 g/mol. The van der Waals surface area contributed by atoms with Crippen molar-refractivity contribution in [2.45, 2.75) is 13.5 Å². The standard InChI is InChI=1S/C17H17N3O3/c1-11-8-9-12(23-11)10-19(2)17(22)15-13-6-4-5-7-14(13)16(21)20(3)18-15/h4-9H,10H2,1-3H3. The second-order valence-electron chi connectivity index (χ2n) is 5.50. The number of aromatic nitrogens is 2. The van der Waals surface area contributed by atoms with Crippen LogP contribution in [-0.4, -0.2) is 27.6 Å². The molecule has 1 amide bonds. The van der Waals surface area contributed by atoms with Gasteiger partial charge >= 0.3 is 0 Å². The molecular weight excluding hydrogens is 294 g/mol. The molecule has 0 N–H and O–H groups in total. The number of carbonyl (C=O) groups excluding carboxylic acids is 1. The van der Waals surface area contributed by atoms with E-state index in [2.05, 4.69) is 5.10 Å². The van der Waals surface area contributed by atoms with E-state index in [-0.39, 0.29) is 17.2 Å². The molecule has 1 aromatic carbocycles. The number of nitrogens with zero attached hydrogens (tertiary/aromatic N) is 3. The first-order valence-electron chi connectivity index (χ1n) is 7.24. The van der Waals surface area contributed by atoms with Crippen molar-refractivity contribution in [1.29, 1.82) is 0 Å². The Labute approximate surface area is 132 Å². The lowest BCUT2D eigenvalue weighted by atomic mass is 10.1. The van der Waals surface area contributed by atoms with E-state index in [1.54, 1.807) is 38.4 Å². The summed E-state index contributed by atoms with van der Waals surface area (Å²) in [7, 11) is 3.23. The summed E-state index contributed by atoms with van der Waals surface area (Å²) in [5.74, 6) is 1.24. The maximum absolute atomic E-state index is 12.7. The fourth-order valence-electron chi connectivity index (χ4n) is 2.51. The quantitative estimate of drug-likeness (QED) is 0.743. The molecule has 0 atom stereocenters. The number of hydrogen-bond acceptors (Lipinski definition) is 4. The molecule has 6 nitrogen and oxygen atoms in total. The van der Waals surface area contributed by atoms with Crippen molar-refractivity contribution in [3.05, 3.63) is 64.0 Å². The SMILES string of the molecule is Cc1ccc(CN(C)C(=O)c2nn(C)c(=O)c3ccccc23)o1. The molecule has 23 heavy (non-hydrogen) atoms. The Morgan fingerprint density at radius 3 is 2.57 bits per heavy atom. The second kappa shape index (κ2) is 5.72. The number of carbonyl (C=O) groups is 1. The van der Waals surface area contributed by atoms with Crippen molar-refractivity contribution in [3.63, 3.8) is 0 Å². The Balaban J connectivity index is 2.00. The van der Waals surface area contributed by atoms with Crippen LogP contribution in [0.5, 0.6) is 0 Å². The number of furan rings is 1. The highest BCUT2D eigenvalue weighted by Crippen LogP contribution is 2.16. The van der Waals surface area contributed by atoms with E-state index in [0.717, 1.165) is 5.76 Å². The first-order chi connectivity index (χ1) is 11.0. The first-order valence-corrected chi connectivity index (χ1v) is 7.24. The van der Waals surface area contributed by atoms with Gasteiger partial charge in [-0.05, 0) is 25.1 Å². The molecule has 0 radical (unpaired) electrons. The van der Waals surface area contributed by atoms with E-state index >= 15 is 0 Å². The van der Waals surface area contributed by atoms with Crippen LogP contribution >= 0.6 is 0 Å². The summed E-state index contributed by atoms with van der Waals surface area (Å²) < 4.78 is 6.70. The summed E-state index contributed by atoms with van der Waals surface area (Å²) in [6.45, 7) is 2.19. The lowest BCUT2D eigenvalue weighted by Gasteiger charge is -2.16. The van der Waals surface area contributed by atoms with E-state index in [1.165, 1.54) is 9.58 Å². The van der Waals surface area contributed by atoms with Crippen LogP contribution < -0.4 is 5.56 Å². The van der Waals surface area contributed by atoms with Crippen molar-refractivity contribution in [2.75, 3.05) is 7.05 Å². The van der Waals surface area contributed by atoms with Crippen LogP contribution in [0.3, 0.4) is 0 Å². The van der Waals surface area contributed by atoms with Crippen molar-refractivity contribution in [2.24, 2.45) is 7.05 Å². The summed E-state index contributed by atoms with van der Waals surface area (Å²) in [6.07, 6.45) is 0. The number of benzene rings is 1. The zero-order valence-electron chi connectivity index (χ0n) is 13.2. The van der Waals surface area contributed by atoms with Crippen molar-refractivity contribution >= 4 is 16.7 Å². The van der Waals surface area contributed by atoms with Gasteiger partial charge in [0.1, 0.15) is 11.5 Å². The third-order valence-corrected chi connectivity index (χ3v) is 3.69. The van der Waals surface area contributed by atoms with E-state index in [4.69, 9.17) is 4.42 Å². The Kier molecular flexibility index (Phi) is 3.73. The van der Waals surface area contributed by atoms with E-state index in [1.807, 2.05) is 19.1 Å². The summed E-state index contributed by atoms with van der Waals surface area (Å²) in [5.41, 5.74) is 0.0370. The summed E-state index contributed by atoms with van der Waals surface area (Å²) >= 11 is 0. The molecule has 2 heterocycles. The molecular formula is C17H17N3O3. The number of hydrogen-bond donors (Lipinski definition) is 0. The highest BCUT2D eigenvalue weighted by atomic mass is 16.3. The molecule has 0 aliphatic rings. The van der Waals surface area contributed by atoms with Crippen LogP contribution in [0.25, 0.3) is 10.8 Å². The predicted molar refractivity (Wildman–Crippen MR) is 86.2 cm³/mol. The average molecular weight is 311 g/mol. The summed E-state index contributed by atoms with van der Waals surface area (Å²) in [6, 6.07) is 10.7. The predicted octanol–water partition coefficient (Wildman–Crippen LogP) is 2.11. The van der Waals surface area contributed by atoms with E-state index in [0.29, 0.717) is 23.1 Å². The minimum Gasteiger partial charge on any atom is -0.464 e. The minimum atomic E-state index is -0.258. The van der Waals surface area contributed by atoms with Gasteiger partial charge in [0.2, 0.25) is 0 Å². The molecule has 0 aliphatic carbocycles. The molecule has 0 aliphatic heterocycles. The lowest BCUT2D eigenvalue weighted by molar-refractivity contribution is 0.0769. The Morgan fingerprint density at radius 1 is 1.22 bits per heavy atom. The summed E-state index contributed by atoms with van der Waals surface area (Å²) in [5, 5.41) is 5.19.